The third-order valence-corrected chi connectivity index (χ3v) is 8.89. The van der Waals surface area contributed by atoms with Gasteiger partial charge in [0.2, 0.25) is 0 Å². The van der Waals surface area contributed by atoms with Crippen molar-refractivity contribution in [2.24, 2.45) is 5.92 Å². The van der Waals surface area contributed by atoms with Gasteiger partial charge in [-0.2, -0.15) is 0 Å². The van der Waals surface area contributed by atoms with Crippen LogP contribution in [0.5, 0.6) is 5.75 Å². The van der Waals surface area contributed by atoms with E-state index in [1.807, 2.05) is 54.6 Å². The lowest BCUT2D eigenvalue weighted by atomic mass is 9.71. The number of ether oxygens (including phenoxy) is 2. The summed E-state index contributed by atoms with van der Waals surface area (Å²) in [6, 6.07) is 17.4. The first kappa shape index (κ1) is 28.9. The van der Waals surface area contributed by atoms with E-state index >= 15 is 0 Å². The van der Waals surface area contributed by atoms with Crippen LogP contribution in [0.25, 0.3) is 0 Å². The molecule has 0 radical (unpaired) electrons. The summed E-state index contributed by atoms with van der Waals surface area (Å²) >= 11 is 0. The molecule has 2 atom stereocenters. The molecule has 2 N–H and O–H groups in total. The smallest absolute Gasteiger partial charge is 0.258 e. The highest BCUT2D eigenvalue weighted by Crippen LogP contribution is 2.55. The quantitative estimate of drug-likeness (QED) is 0.336. The van der Waals surface area contributed by atoms with Gasteiger partial charge in [0.1, 0.15) is 12.0 Å². The van der Waals surface area contributed by atoms with E-state index in [4.69, 9.17) is 9.47 Å². The number of hydrogen-bond donors (Lipinski definition) is 2. The molecule has 210 valence electrons. The molecule has 2 unspecified atom stereocenters. The first-order valence-corrected chi connectivity index (χ1v) is 15.2. The van der Waals surface area contributed by atoms with Crippen molar-refractivity contribution in [3.05, 3.63) is 54.6 Å². The molecule has 0 aliphatic heterocycles. The molecule has 38 heavy (non-hydrogen) atoms. The van der Waals surface area contributed by atoms with Gasteiger partial charge in [0.05, 0.1) is 6.10 Å². The summed E-state index contributed by atoms with van der Waals surface area (Å²) in [5.74, 6) is 1.30. The van der Waals surface area contributed by atoms with E-state index in [1.54, 1.807) is 0 Å². The molecule has 4 aliphatic rings. The fraction of sp³-hybridized carbons (Fsp3) is 0.667. The summed E-state index contributed by atoms with van der Waals surface area (Å²) in [6.45, 7) is 4.48. The van der Waals surface area contributed by atoms with Gasteiger partial charge in [0, 0.05) is 11.1 Å². The topological polar surface area (TPSA) is 59.6 Å². The minimum absolute atomic E-state index is 0.0293. The largest absolute Gasteiger partial charge is 0.484 e. The minimum atomic E-state index is -0.0957. The van der Waals surface area contributed by atoms with Gasteiger partial charge in [-0.3, -0.25) is 10.1 Å². The van der Waals surface area contributed by atoms with Crippen molar-refractivity contribution in [3.8, 4) is 5.75 Å². The Morgan fingerprint density at radius 2 is 1.34 bits per heavy atom. The lowest BCUT2D eigenvalue weighted by molar-refractivity contribution is -0.126. The van der Waals surface area contributed by atoms with Crippen LogP contribution in [0.3, 0.4) is 0 Å². The second-order valence-electron chi connectivity index (χ2n) is 12.1. The van der Waals surface area contributed by atoms with Gasteiger partial charge < -0.3 is 14.8 Å². The molecular formula is C33H50N2O3. The van der Waals surface area contributed by atoms with Crippen LogP contribution in [0.1, 0.15) is 104 Å². The van der Waals surface area contributed by atoms with E-state index in [2.05, 4.69) is 24.5 Å². The predicted octanol–water partition coefficient (Wildman–Crippen LogP) is 7.24. The predicted molar refractivity (Wildman–Crippen MR) is 154 cm³/mol. The summed E-state index contributed by atoms with van der Waals surface area (Å²) in [4.78, 5) is 12.7. The number of nitrogens with one attached hydrogen (secondary N) is 2. The molecule has 4 aliphatic carbocycles. The van der Waals surface area contributed by atoms with Gasteiger partial charge in [-0.25, -0.2) is 0 Å². The lowest BCUT2D eigenvalue weighted by Gasteiger charge is -2.49. The SMILES string of the molecule is CC(NC12CCC(NC(=O)COc3ccccccccc3)(C1)C2)OC(C)C1CCCCCCCCCC1. The monoisotopic (exact) mass is 522 g/mol. The van der Waals surface area contributed by atoms with Crippen molar-refractivity contribution in [1.82, 2.24) is 10.6 Å². The van der Waals surface area contributed by atoms with Crippen LogP contribution in [0, 0.1) is 5.92 Å². The number of hydrogen-bond acceptors (Lipinski definition) is 4. The molecule has 0 saturated heterocycles. The molecule has 0 aromatic heterocycles. The van der Waals surface area contributed by atoms with Gasteiger partial charge in [-0.1, -0.05) is 93.8 Å². The van der Waals surface area contributed by atoms with Crippen molar-refractivity contribution in [2.75, 3.05) is 6.61 Å². The molecule has 1 aromatic carbocycles. The maximum absolute atomic E-state index is 12.7. The number of carbonyl (C=O) groups excluding carboxylic acids is 1. The Labute approximate surface area is 230 Å². The number of amides is 1. The Kier molecular flexibility index (Phi) is 10.9. The first-order chi connectivity index (χ1) is 18.5. The molecule has 5 nitrogen and oxygen atoms in total. The zero-order valence-corrected chi connectivity index (χ0v) is 23.8. The lowest BCUT2D eigenvalue weighted by Crippen LogP contribution is -2.65. The van der Waals surface area contributed by atoms with Crippen molar-refractivity contribution < 1.29 is 14.3 Å². The third-order valence-electron chi connectivity index (χ3n) is 8.89. The Bertz CT molecular complexity index is 891. The van der Waals surface area contributed by atoms with Crippen molar-refractivity contribution in [2.45, 2.75) is 127 Å². The Morgan fingerprint density at radius 3 is 1.95 bits per heavy atom. The summed E-state index contributed by atoms with van der Waals surface area (Å²) in [5.41, 5.74) is -0.00466. The molecular weight excluding hydrogens is 472 g/mol. The molecule has 5 heteroatoms. The van der Waals surface area contributed by atoms with E-state index in [0.29, 0.717) is 11.7 Å². The van der Waals surface area contributed by atoms with Crippen LogP contribution >= 0.6 is 0 Å². The van der Waals surface area contributed by atoms with Crippen LogP contribution in [-0.2, 0) is 9.53 Å². The van der Waals surface area contributed by atoms with E-state index in [0.717, 1.165) is 25.7 Å². The third kappa shape index (κ3) is 8.71. The van der Waals surface area contributed by atoms with Crippen molar-refractivity contribution >= 4 is 5.91 Å². The van der Waals surface area contributed by atoms with Crippen LogP contribution in [-0.4, -0.2) is 35.9 Å². The van der Waals surface area contributed by atoms with E-state index < -0.39 is 0 Å². The highest BCUT2D eigenvalue weighted by molar-refractivity contribution is 5.78. The highest BCUT2D eigenvalue weighted by atomic mass is 16.5. The number of rotatable bonds is 9. The summed E-state index contributed by atoms with van der Waals surface area (Å²) < 4.78 is 12.3. The number of fused-ring (bicyclic) bond motifs is 1. The first-order valence-electron chi connectivity index (χ1n) is 15.2. The molecule has 0 spiro atoms. The van der Waals surface area contributed by atoms with Gasteiger partial charge in [0.25, 0.3) is 5.91 Å². The van der Waals surface area contributed by atoms with Gasteiger partial charge in [-0.15, -0.1) is 0 Å². The molecule has 5 rings (SSSR count). The maximum atomic E-state index is 12.7. The zero-order chi connectivity index (χ0) is 26.7. The van der Waals surface area contributed by atoms with Crippen LogP contribution < -0.4 is 15.4 Å². The number of carbonyl (C=O) groups is 1. The van der Waals surface area contributed by atoms with Crippen LogP contribution in [0.4, 0.5) is 0 Å². The van der Waals surface area contributed by atoms with Gasteiger partial charge in [-0.05, 0) is 70.4 Å². The zero-order valence-electron chi connectivity index (χ0n) is 23.8. The highest BCUT2D eigenvalue weighted by Gasteiger charge is 2.61. The van der Waals surface area contributed by atoms with Gasteiger partial charge in [0.15, 0.2) is 6.61 Å². The second kappa shape index (κ2) is 14.3. The van der Waals surface area contributed by atoms with Crippen LogP contribution in [0.15, 0.2) is 54.6 Å². The van der Waals surface area contributed by atoms with Crippen molar-refractivity contribution in [1.29, 1.82) is 0 Å². The summed E-state index contributed by atoms with van der Waals surface area (Å²) in [6.07, 6.45) is 18.0. The van der Waals surface area contributed by atoms with E-state index in [1.165, 1.54) is 64.2 Å². The van der Waals surface area contributed by atoms with Gasteiger partial charge >= 0.3 is 0 Å². The molecule has 1 aromatic rings. The standard InChI is InChI=1S/C33H50N2O3/c1-27(29-18-14-10-6-3-4-7-11-15-19-29)38-28(2)34-32-22-23-33(25-32,26-32)35-31(36)24-37-30-20-16-12-8-5-9-13-17-21-30/h5,8-9,12-13,16-17,20-21,27-29,34H,3-4,6-7,10-11,14-15,18-19,22-26H2,1-2H3,(H,35,36). The van der Waals surface area contributed by atoms with Crippen molar-refractivity contribution in [3.63, 3.8) is 0 Å². The molecule has 2 bridgehead atoms. The Morgan fingerprint density at radius 1 is 0.816 bits per heavy atom. The normalized spacial score (nSPS) is 27.6. The Hall–Kier alpha value is -2.11. The molecule has 1 amide bonds. The molecule has 0 heterocycles. The average Bonchev–Trinajstić information content (AvgIpc) is 3.37. The maximum Gasteiger partial charge on any atom is 0.258 e. The van der Waals surface area contributed by atoms with Crippen LogP contribution in [0.2, 0.25) is 0 Å². The van der Waals surface area contributed by atoms with E-state index in [9.17, 15) is 4.79 Å². The molecule has 4 saturated carbocycles. The summed E-state index contributed by atoms with van der Waals surface area (Å²) in [7, 11) is 0. The fourth-order valence-electron chi connectivity index (χ4n) is 7.04. The second-order valence-corrected chi connectivity index (χ2v) is 12.1. The van der Waals surface area contributed by atoms with E-state index in [-0.39, 0.29) is 35.9 Å². The summed E-state index contributed by atoms with van der Waals surface area (Å²) in [5, 5.41) is 7.11. The fourth-order valence-corrected chi connectivity index (χ4v) is 7.04. The average molecular weight is 523 g/mol. The minimum Gasteiger partial charge on any atom is -0.484 e. The molecule has 4 fully saturated rings. The Balaban J connectivity index is 1.20.